The molecule has 0 radical (unpaired) electrons. The number of hydrogen-bond acceptors (Lipinski definition) is 5. The van der Waals surface area contributed by atoms with Crippen LogP contribution in [-0.4, -0.2) is 67.7 Å². The van der Waals surface area contributed by atoms with Crippen molar-refractivity contribution >= 4 is 29.1 Å². The van der Waals surface area contributed by atoms with Gasteiger partial charge in [-0.3, -0.25) is 14.4 Å². The third-order valence-electron chi connectivity index (χ3n) is 6.67. The molecule has 0 aromatic heterocycles. The first-order valence-corrected chi connectivity index (χ1v) is 10.3. The molecule has 158 valence electrons. The molecule has 1 N–H and O–H groups in total. The van der Waals surface area contributed by atoms with Crippen LogP contribution in [0, 0.1) is 11.8 Å². The molecule has 2 saturated heterocycles. The van der Waals surface area contributed by atoms with Gasteiger partial charge in [0, 0.05) is 38.5 Å². The highest BCUT2D eigenvalue weighted by atomic mass is 16.5. The van der Waals surface area contributed by atoms with Crippen molar-refractivity contribution < 1.29 is 23.9 Å². The Morgan fingerprint density at radius 2 is 2.20 bits per heavy atom. The topological polar surface area (TPSA) is 88.2 Å². The van der Waals surface area contributed by atoms with Crippen LogP contribution in [0.4, 0.5) is 11.4 Å². The van der Waals surface area contributed by atoms with E-state index in [0.717, 1.165) is 17.7 Å². The summed E-state index contributed by atoms with van der Waals surface area (Å²) >= 11 is 0. The number of hydrogen-bond donors (Lipinski definition) is 1. The molecular formula is C22H25N3O5. The summed E-state index contributed by atoms with van der Waals surface area (Å²) in [7, 11) is 1.60. The molecular weight excluding hydrogens is 386 g/mol. The van der Waals surface area contributed by atoms with Gasteiger partial charge in [0.15, 0.2) is 0 Å². The van der Waals surface area contributed by atoms with E-state index in [1.54, 1.807) is 29.9 Å². The van der Waals surface area contributed by atoms with Crippen LogP contribution in [0.25, 0.3) is 0 Å². The number of fused-ring (bicyclic) bond motifs is 2. The van der Waals surface area contributed by atoms with Crippen molar-refractivity contribution in [3.05, 3.63) is 35.9 Å². The Kier molecular flexibility index (Phi) is 4.44. The minimum atomic E-state index is -0.711. The smallest absolute Gasteiger partial charge is 0.231 e. The molecule has 4 atom stereocenters. The number of anilines is 2. The van der Waals surface area contributed by atoms with Gasteiger partial charge in [0.2, 0.25) is 17.7 Å². The molecule has 4 heterocycles. The summed E-state index contributed by atoms with van der Waals surface area (Å²) in [6.07, 6.45) is 4.23. The maximum atomic E-state index is 13.2. The van der Waals surface area contributed by atoms with E-state index in [1.165, 1.54) is 0 Å². The fourth-order valence-electron chi connectivity index (χ4n) is 5.30. The summed E-state index contributed by atoms with van der Waals surface area (Å²) < 4.78 is 11.2. The standard InChI is InChI=1S/C22H25N3O5/c1-13(26)25-8-6-14-11-15(3-4-16(14)25)23-20(27)18-17-5-7-22(30-17)12-24(9-10-29-2)21(28)19(18)22/h3-5,7,11,17-19H,6,8-10,12H2,1-2H3,(H,23,27)/t17-,18+,19-,22-/m1/s1. The second-order valence-corrected chi connectivity index (χ2v) is 8.41. The number of carbonyl (C=O) groups is 3. The Hall–Kier alpha value is -2.71. The van der Waals surface area contributed by atoms with Gasteiger partial charge >= 0.3 is 0 Å². The minimum absolute atomic E-state index is 0.0134. The highest BCUT2D eigenvalue weighted by Crippen LogP contribution is 2.52. The first-order chi connectivity index (χ1) is 14.4. The van der Waals surface area contributed by atoms with Crippen molar-refractivity contribution in [1.82, 2.24) is 4.90 Å². The van der Waals surface area contributed by atoms with Crippen LogP contribution in [0.2, 0.25) is 0 Å². The Morgan fingerprint density at radius 1 is 1.37 bits per heavy atom. The number of rotatable bonds is 5. The lowest BCUT2D eigenvalue weighted by atomic mass is 9.76. The fraction of sp³-hybridized carbons (Fsp3) is 0.500. The Morgan fingerprint density at radius 3 is 2.97 bits per heavy atom. The number of benzene rings is 1. The van der Waals surface area contributed by atoms with Crippen molar-refractivity contribution in [1.29, 1.82) is 0 Å². The SMILES string of the molecule is COCCN1C[C@@]23C=C[C@@H](O2)[C@H](C(=O)Nc2ccc4c(c2)CCN4C(C)=O)[C@@H]3C1=O. The summed E-state index contributed by atoms with van der Waals surface area (Å²) in [6, 6.07) is 5.58. The molecule has 0 saturated carbocycles. The average Bonchev–Trinajstić information content (AvgIpc) is 3.45. The molecule has 2 bridgehead atoms. The van der Waals surface area contributed by atoms with Gasteiger partial charge < -0.3 is 24.6 Å². The molecule has 4 aliphatic heterocycles. The largest absolute Gasteiger partial charge is 0.383 e. The molecule has 8 nitrogen and oxygen atoms in total. The molecule has 1 spiro atoms. The van der Waals surface area contributed by atoms with E-state index in [4.69, 9.17) is 9.47 Å². The summed E-state index contributed by atoms with van der Waals surface area (Å²) in [5, 5.41) is 2.98. The van der Waals surface area contributed by atoms with Crippen molar-refractivity contribution in [2.75, 3.05) is 43.6 Å². The third-order valence-corrected chi connectivity index (χ3v) is 6.67. The quantitative estimate of drug-likeness (QED) is 0.730. The second kappa shape index (κ2) is 6.92. The molecule has 4 aliphatic rings. The number of nitrogens with zero attached hydrogens (tertiary/aromatic N) is 2. The lowest BCUT2D eigenvalue weighted by Gasteiger charge is -2.23. The van der Waals surface area contributed by atoms with E-state index in [2.05, 4.69) is 5.32 Å². The number of likely N-dealkylation sites (tertiary alicyclic amines) is 1. The minimum Gasteiger partial charge on any atom is -0.383 e. The Balaban J connectivity index is 1.34. The third kappa shape index (κ3) is 2.78. The Labute approximate surface area is 174 Å². The van der Waals surface area contributed by atoms with Crippen LogP contribution in [-0.2, 0) is 30.3 Å². The van der Waals surface area contributed by atoms with Gasteiger partial charge in [-0.2, -0.15) is 0 Å². The zero-order valence-corrected chi connectivity index (χ0v) is 17.1. The van der Waals surface area contributed by atoms with E-state index in [9.17, 15) is 14.4 Å². The number of ether oxygens (including phenoxy) is 2. The molecule has 0 unspecified atom stereocenters. The number of methoxy groups -OCH3 is 1. The van der Waals surface area contributed by atoms with Gasteiger partial charge in [-0.15, -0.1) is 0 Å². The summed E-state index contributed by atoms with van der Waals surface area (Å²) in [6.45, 7) is 3.60. The van der Waals surface area contributed by atoms with E-state index >= 15 is 0 Å². The predicted molar refractivity (Wildman–Crippen MR) is 109 cm³/mol. The monoisotopic (exact) mass is 411 g/mol. The van der Waals surface area contributed by atoms with Crippen LogP contribution in [0.1, 0.15) is 12.5 Å². The van der Waals surface area contributed by atoms with E-state index in [0.29, 0.717) is 31.9 Å². The van der Waals surface area contributed by atoms with Crippen LogP contribution in [0.15, 0.2) is 30.4 Å². The van der Waals surface area contributed by atoms with Gasteiger partial charge in [0.05, 0.1) is 31.1 Å². The first-order valence-electron chi connectivity index (χ1n) is 10.3. The molecule has 1 aromatic carbocycles. The van der Waals surface area contributed by atoms with Crippen LogP contribution in [0.5, 0.6) is 0 Å². The second-order valence-electron chi connectivity index (χ2n) is 8.41. The zero-order chi connectivity index (χ0) is 21.0. The first kappa shape index (κ1) is 19.3. The number of nitrogens with one attached hydrogen (secondary N) is 1. The van der Waals surface area contributed by atoms with Crippen molar-refractivity contribution in [2.24, 2.45) is 11.8 Å². The zero-order valence-electron chi connectivity index (χ0n) is 17.1. The van der Waals surface area contributed by atoms with Crippen LogP contribution in [0.3, 0.4) is 0 Å². The lowest BCUT2D eigenvalue weighted by molar-refractivity contribution is -0.136. The van der Waals surface area contributed by atoms with Crippen molar-refractivity contribution in [2.45, 2.75) is 25.0 Å². The van der Waals surface area contributed by atoms with Gasteiger partial charge in [-0.25, -0.2) is 0 Å². The molecule has 3 amide bonds. The summed E-state index contributed by atoms with van der Waals surface area (Å²) in [5.74, 6) is -1.31. The highest BCUT2D eigenvalue weighted by molar-refractivity contribution is 6.00. The number of carbonyl (C=O) groups excluding carboxylic acids is 3. The van der Waals surface area contributed by atoms with E-state index in [1.807, 2.05) is 24.3 Å². The van der Waals surface area contributed by atoms with E-state index in [-0.39, 0.29) is 23.8 Å². The molecule has 30 heavy (non-hydrogen) atoms. The van der Waals surface area contributed by atoms with Gasteiger partial charge in [0.25, 0.3) is 0 Å². The molecule has 5 rings (SSSR count). The summed E-state index contributed by atoms with van der Waals surface area (Å²) in [5.41, 5.74) is 1.89. The molecule has 2 fully saturated rings. The fourth-order valence-corrected chi connectivity index (χ4v) is 5.30. The van der Waals surface area contributed by atoms with Crippen molar-refractivity contribution in [3.8, 4) is 0 Å². The van der Waals surface area contributed by atoms with Gasteiger partial charge in [-0.1, -0.05) is 12.2 Å². The maximum absolute atomic E-state index is 13.2. The van der Waals surface area contributed by atoms with Gasteiger partial charge in [0.1, 0.15) is 5.60 Å². The van der Waals surface area contributed by atoms with Crippen LogP contribution < -0.4 is 10.2 Å². The highest BCUT2D eigenvalue weighted by Gasteiger charge is 2.66. The normalized spacial score (nSPS) is 30.7. The maximum Gasteiger partial charge on any atom is 0.231 e. The van der Waals surface area contributed by atoms with E-state index < -0.39 is 17.4 Å². The van der Waals surface area contributed by atoms with Crippen LogP contribution >= 0.6 is 0 Å². The summed E-state index contributed by atoms with van der Waals surface area (Å²) in [4.78, 5) is 41.4. The molecule has 0 aliphatic carbocycles. The lowest BCUT2D eigenvalue weighted by Crippen LogP contribution is -2.41. The molecule has 8 heteroatoms. The van der Waals surface area contributed by atoms with Gasteiger partial charge in [-0.05, 0) is 30.2 Å². The number of amides is 3. The predicted octanol–water partition coefficient (Wildman–Crippen LogP) is 0.962. The molecule has 1 aromatic rings. The van der Waals surface area contributed by atoms with Crippen molar-refractivity contribution in [3.63, 3.8) is 0 Å². The Bertz CT molecular complexity index is 960. The average molecular weight is 411 g/mol.